The summed E-state index contributed by atoms with van der Waals surface area (Å²) in [6.07, 6.45) is 2.77. The van der Waals surface area contributed by atoms with E-state index in [2.05, 4.69) is 0 Å². The summed E-state index contributed by atoms with van der Waals surface area (Å²) in [5.74, 6) is 0.313. The number of carbonyl (C=O) groups is 1. The predicted molar refractivity (Wildman–Crippen MR) is 40.5 cm³/mol. The highest BCUT2D eigenvalue weighted by molar-refractivity contribution is 5.86. The zero-order valence-corrected chi connectivity index (χ0v) is 6.91. The molecule has 2 atom stereocenters. The summed E-state index contributed by atoms with van der Waals surface area (Å²) in [6, 6.07) is 0. The molecule has 2 aliphatic carbocycles. The number of hydrogen-bond acceptors (Lipinski definition) is 3. The van der Waals surface area contributed by atoms with Crippen molar-refractivity contribution in [2.75, 3.05) is 13.2 Å². The Bertz CT molecular complexity index is 230. The van der Waals surface area contributed by atoms with Crippen molar-refractivity contribution in [3.8, 4) is 0 Å². The molecule has 2 bridgehead atoms. The molecule has 12 heavy (non-hydrogen) atoms. The van der Waals surface area contributed by atoms with E-state index in [0.717, 1.165) is 12.8 Å². The minimum atomic E-state index is -0.461. The van der Waals surface area contributed by atoms with Crippen LogP contribution in [0.25, 0.3) is 0 Å². The maximum atomic E-state index is 11.4. The summed E-state index contributed by atoms with van der Waals surface area (Å²) < 4.78 is 11.2. The second-order valence-corrected chi connectivity index (χ2v) is 3.92. The zero-order valence-electron chi connectivity index (χ0n) is 6.91. The first-order chi connectivity index (χ1) is 5.83. The molecule has 3 nitrogen and oxygen atoms in total. The maximum absolute atomic E-state index is 11.4. The van der Waals surface area contributed by atoms with Gasteiger partial charge >= 0.3 is 0 Å². The first-order valence-electron chi connectivity index (χ1n) is 4.63. The van der Waals surface area contributed by atoms with Crippen molar-refractivity contribution in [2.24, 2.45) is 11.8 Å². The van der Waals surface area contributed by atoms with Crippen LogP contribution < -0.4 is 0 Å². The quantitative estimate of drug-likeness (QED) is 0.535. The molecule has 0 N–H and O–H groups in total. The standard InChI is InChI=1S/C9H12O3/c10-8-5-6-1-2-7(8)9(6)11-3-4-12-9/h6-7H,1-5H2. The van der Waals surface area contributed by atoms with Gasteiger partial charge in [-0.2, -0.15) is 0 Å². The third kappa shape index (κ3) is 0.627. The summed E-state index contributed by atoms with van der Waals surface area (Å²) in [4.78, 5) is 11.4. The van der Waals surface area contributed by atoms with Crippen LogP contribution in [0.1, 0.15) is 19.3 Å². The lowest BCUT2D eigenvalue weighted by Gasteiger charge is -2.25. The van der Waals surface area contributed by atoms with Crippen LogP contribution in [0.2, 0.25) is 0 Å². The van der Waals surface area contributed by atoms with Gasteiger partial charge in [-0.05, 0) is 12.8 Å². The Balaban J connectivity index is 2.00. The fourth-order valence-electron chi connectivity index (χ4n) is 2.95. The van der Waals surface area contributed by atoms with Crippen molar-refractivity contribution >= 4 is 5.78 Å². The highest BCUT2D eigenvalue weighted by atomic mass is 16.7. The lowest BCUT2D eigenvalue weighted by molar-refractivity contribution is -0.189. The number of ether oxygens (including phenoxy) is 2. The lowest BCUT2D eigenvalue weighted by atomic mass is 10.00. The second kappa shape index (κ2) is 2.09. The summed E-state index contributed by atoms with van der Waals surface area (Å²) in [5, 5.41) is 0. The van der Waals surface area contributed by atoms with Gasteiger partial charge in [0.1, 0.15) is 5.78 Å². The fourth-order valence-corrected chi connectivity index (χ4v) is 2.95. The Morgan fingerprint density at radius 1 is 1.25 bits per heavy atom. The van der Waals surface area contributed by atoms with Crippen LogP contribution in [-0.4, -0.2) is 24.8 Å². The SMILES string of the molecule is O=C1CC2CCC1C21OCCO1. The molecular weight excluding hydrogens is 156 g/mol. The van der Waals surface area contributed by atoms with Gasteiger partial charge in [0.15, 0.2) is 5.79 Å². The summed E-state index contributed by atoms with van der Waals surface area (Å²) >= 11 is 0. The fraction of sp³-hybridized carbons (Fsp3) is 0.889. The molecule has 1 aliphatic heterocycles. The van der Waals surface area contributed by atoms with E-state index in [-0.39, 0.29) is 5.92 Å². The minimum absolute atomic E-state index is 0.0602. The number of Topliss-reactive ketones (excluding diaryl/α,β-unsaturated/α-hetero) is 1. The Morgan fingerprint density at radius 3 is 2.50 bits per heavy atom. The summed E-state index contributed by atoms with van der Waals surface area (Å²) in [5.41, 5.74) is 0. The molecule has 66 valence electrons. The molecule has 0 aromatic rings. The topological polar surface area (TPSA) is 35.5 Å². The van der Waals surface area contributed by atoms with Crippen LogP contribution in [0.4, 0.5) is 0 Å². The first kappa shape index (κ1) is 7.04. The molecule has 1 saturated heterocycles. The lowest BCUT2D eigenvalue weighted by Crippen LogP contribution is -2.36. The van der Waals surface area contributed by atoms with Crippen molar-refractivity contribution in [3.63, 3.8) is 0 Å². The molecule has 3 rings (SSSR count). The molecule has 2 saturated carbocycles. The first-order valence-corrected chi connectivity index (χ1v) is 4.63. The van der Waals surface area contributed by atoms with E-state index in [1.165, 1.54) is 0 Å². The van der Waals surface area contributed by atoms with E-state index in [1.807, 2.05) is 0 Å². The molecule has 0 radical (unpaired) electrons. The molecule has 0 aromatic heterocycles. The monoisotopic (exact) mass is 168 g/mol. The van der Waals surface area contributed by atoms with Gasteiger partial charge in [0, 0.05) is 12.3 Å². The Hall–Kier alpha value is -0.410. The van der Waals surface area contributed by atoms with Crippen molar-refractivity contribution in [1.82, 2.24) is 0 Å². The van der Waals surface area contributed by atoms with E-state index in [0.29, 0.717) is 31.3 Å². The molecule has 3 heteroatoms. The number of rotatable bonds is 0. The van der Waals surface area contributed by atoms with Crippen LogP contribution in [0.15, 0.2) is 0 Å². The number of ketones is 1. The Kier molecular flexibility index (Phi) is 1.23. The number of carbonyl (C=O) groups excluding carboxylic acids is 1. The third-order valence-corrected chi connectivity index (χ3v) is 3.43. The van der Waals surface area contributed by atoms with E-state index < -0.39 is 5.79 Å². The van der Waals surface area contributed by atoms with Gasteiger partial charge in [0.2, 0.25) is 0 Å². The van der Waals surface area contributed by atoms with Gasteiger partial charge in [-0.25, -0.2) is 0 Å². The number of hydrogen-bond donors (Lipinski definition) is 0. The van der Waals surface area contributed by atoms with E-state index in [9.17, 15) is 4.79 Å². The normalized spacial score (nSPS) is 43.2. The van der Waals surface area contributed by atoms with E-state index in [1.54, 1.807) is 0 Å². The Morgan fingerprint density at radius 2 is 2.00 bits per heavy atom. The van der Waals surface area contributed by atoms with Crippen molar-refractivity contribution < 1.29 is 14.3 Å². The average molecular weight is 168 g/mol. The van der Waals surface area contributed by atoms with Crippen LogP contribution >= 0.6 is 0 Å². The third-order valence-electron chi connectivity index (χ3n) is 3.43. The highest BCUT2D eigenvalue weighted by Crippen LogP contribution is 2.54. The van der Waals surface area contributed by atoms with Crippen molar-refractivity contribution in [1.29, 1.82) is 0 Å². The minimum Gasteiger partial charge on any atom is -0.346 e. The molecule has 3 fully saturated rings. The molecule has 1 heterocycles. The molecule has 3 aliphatic rings. The summed E-state index contributed by atoms with van der Waals surface area (Å²) in [7, 11) is 0. The van der Waals surface area contributed by atoms with Crippen molar-refractivity contribution in [2.45, 2.75) is 25.0 Å². The van der Waals surface area contributed by atoms with E-state index >= 15 is 0 Å². The van der Waals surface area contributed by atoms with Gasteiger partial charge in [-0.15, -0.1) is 0 Å². The van der Waals surface area contributed by atoms with Gasteiger partial charge < -0.3 is 9.47 Å². The van der Waals surface area contributed by atoms with Gasteiger partial charge in [-0.1, -0.05) is 0 Å². The molecule has 0 amide bonds. The molecule has 2 unspecified atom stereocenters. The second-order valence-electron chi connectivity index (χ2n) is 3.92. The summed E-state index contributed by atoms with van der Waals surface area (Å²) in [6.45, 7) is 1.33. The van der Waals surface area contributed by atoms with Crippen LogP contribution in [-0.2, 0) is 14.3 Å². The van der Waals surface area contributed by atoms with Gasteiger partial charge in [-0.3, -0.25) is 4.79 Å². The molecule has 0 aromatic carbocycles. The van der Waals surface area contributed by atoms with Crippen molar-refractivity contribution in [3.05, 3.63) is 0 Å². The molecule has 1 spiro atoms. The molecular formula is C9H12O3. The maximum Gasteiger partial charge on any atom is 0.181 e. The van der Waals surface area contributed by atoms with E-state index in [4.69, 9.17) is 9.47 Å². The Labute approximate surface area is 71.0 Å². The van der Waals surface area contributed by atoms with Crippen LogP contribution in [0, 0.1) is 11.8 Å². The largest absolute Gasteiger partial charge is 0.346 e. The average Bonchev–Trinajstić information content (AvgIpc) is 2.70. The smallest absolute Gasteiger partial charge is 0.181 e. The van der Waals surface area contributed by atoms with Crippen LogP contribution in [0.3, 0.4) is 0 Å². The highest BCUT2D eigenvalue weighted by Gasteiger charge is 2.62. The van der Waals surface area contributed by atoms with Gasteiger partial charge in [0.25, 0.3) is 0 Å². The van der Waals surface area contributed by atoms with Crippen LogP contribution in [0.5, 0.6) is 0 Å². The van der Waals surface area contributed by atoms with Gasteiger partial charge in [0.05, 0.1) is 19.1 Å². The zero-order chi connectivity index (χ0) is 8.18. The predicted octanol–water partition coefficient (Wildman–Crippen LogP) is 0.728.